The monoisotopic (exact) mass is 388 g/mol. The summed E-state index contributed by atoms with van der Waals surface area (Å²) >= 11 is 11.3. The maximum absolute atomic E-state index is 6.16. The lowest BCUT2D eigenvalue weighted by atomic mass is 10.2. The molecule has 0 spiro atoms. The molecule has 0 atom stereocenters. The summed E-state index contributed by atoms with van der Waals surface area (Å²) in [5.41, 5.74) is 1.75. The van der Waals surface area contributed by atoms with E-state index in [-0.39, 0.29) is 0 Å². The van der Waals surface area contributed by atoms with Crippen molar-refractivity contribution in [1.29, 1.82) is 0 Å². The Morgan fingerprint density at radius 3 is 2.77 bits per heavy atom. The fraction of sp³-hybridized carbons (Fsp3) is 0.167. The summed E-state index contributed by atoms with van der Waals surface area (Å²) in [7, 11) is 1.59. The zero-order valence-corrected chi connectivity index (χ0v) is 15.8. The van der Waals surface area contributed by atoms with Gasteiger partial charge in [0.2, 0.25) is 4.77 Å². The molecule has 3 aromatic rings. The minimum atomic E-state index is 0.354. The first-order valence-corrected chi connectivity index (χ1v) is 8.59. The van der Waals surface area contributed by atoms with Gasteiger partial charge in [-0.15, -0.1) is 0 Å². The maximum Gasteiger partial charge on any atom is 0.216 e. The van der Waals surface area contributed by atoms with Gasteiger partial charge in [0.05, 0.1) is 13.3 Å². The van der Waals surface area contributed by atoms with Gasteiger partial charge in [0, 0.05) is 10.6 Å². The van der Waals surface area contributed by atoms with Crippen LogP contribution in [0.15, 0.2) is 47.6 Å². The molecule has 1 heterocycles. The van der Waals surface area contributed by atoms with Crippen molar-refractivity contribution in [3.8, 4) is 11.5 Å². The van der Waals surface area contributed by atoms with Gasteiger partial charge in [-0.05, 0) is 49.0 Å². The van der Waals surface area contributed by atoms with Gasteiger partial charge in [0.15, 0.2) is 11.5 Å². The number of rotatable bonds is 6. The zero-order chi connectivity index (χ0) is 18.5. The fourth-order valence-electron chi connectivity index (χ4n) is 2.29. The van der Waals surface area contributed by atoms with E-state index in [4.69, 9.17) is 33.3 Å². The van der Waals surface area contributed by atoms with Gasteiger partial charge in [-0.1, -0.05) is 29.8 Å². The zero-order valence-electron chi connectivity index (χ0n) is 14.3. The quantitative estimate of drug-likeness (QED) is 0.503. The van der Waals surface area contributed by atoms with Gasteiger partial charge in [-0.25, -0.2) is 0 Å². The normalized spacial score (nSPS) is 11.0. The number of aromatic amines is 1. The Kier molecular flexibility index (Phi) is 5.70. The van der Waals surface area contributed by atoms with E-state index in [0.717, 1.165) is 11.1 Å². The van der Waals surface area contributed by atoms with Gasteiger partial charge in [0.25, 0.3) is 0 Å². The summed E-state index contributed by atoms with van der Waals surface area (Å²) < 4.78 is 13.3. The molecule has 2 aromatic carbocycles. The van der Waals surface area contributed by atoms with Crippen LogP contribution in [0.3, 0.4) is 0 Å². The van der Waals surface area contributed by atoms with E-state index in [0.29, 0.717) is 33.7 Å². The van der Waals surface area contributed by atoms with Crippen molar-refractivity contribution in [3.63, 3.8) is 0 Å². The van der Waals surface area contributed by atoms with Crippen LogP contribution in [0, 0.1) is 11.7 Å². The van der Waals surface area contributed by atoms with Crippen molar-refractivity contribution in [3.05, 3.63) is 69.2 Å². The molecule has 0 saturated carbocycles. The third kappa shape index (κ3) is 4.12. The van der Waals surface area contributed by atoms with Crippen molar-refractivity contribution < 1.29 is 9.47 Å². The van der Waals surface area contributed by atoms with Crippen molar-refractivity contribution >= 4 is 30.0 Å². The molecule has 3 rings (SSSR count). The van der Waals surface area contributed by atoms with Crippen LogP contribution in [-0.2, 0) is 6.61 Å². The average Bonchev–Trinajstić information content (AvgIpc) is 2.97. The van der Waals surface area contributed by atoms with E-state index in [1.165, 1.54) is 0 Å². The van der Waals surface area contributed by atoms with Gasteiger partial charge >= 0.3 is 0 Å². The number of hydrogen-bond donors (Lipinski definition) is 1. The Bertz CT molecular complexity index is 997. The molecule has 0 bridgehead atoms. The summed E-state index contributed by atoms with van der Waals surface area (Å²) in [6.07, 6.45) is 1.68. The Hall–Kier alpha value is -2.64. The lowest BCUT2D eigenvalue weighted by Crippen LogP contribution is -1.99. The topological polar surface area (TPSA) is 64.4 Å². The van der Waals surface area contributed by atoms with Crippen LogP contribution in [0.5, 0.6) is 11.5 Å². The molecular weight excluding hydrogens is 372 g/mol. The summed E-state index contributed by atoms with van der Waals surface area (Å²) in [5.74, 6) is 1.91. The van der Waals surface area contributed by atoms with Crippen LogP contribution >= 0.6 is 23.8 Å². The highest BCUT2D eigenvalue weighted by Gasteiger charge is 2.07. The Morgan fingerprint density at radius 1 is 1.27 bits per heavy atom. The third-order valence-corrected chi connectivity index (χ3v) is 4.30. The number of halogens is 1. The minimum absolute atomic E-state index is 0.354. The first-order valence-electron chi connectivity index (χ1n) is 7.81. The second kappa shape index (κ2) is 8.16. The number of nitrogens with zero attached hydrogens (tertiary/aromatic N) is 3. The van der Waals surface area contributed by atoms with Crippen LogP contribution in [0.25, 0.3) is 0 Å². The molecule has 0 fully saturated rings. The molecule has 0 saturated heterocycles. The SMILES string of the molecule is COc1cc(/C=N/n2c(C)n[nH]c2=S)ccc1OCc1ccccc1Cl. The van der Waals surface area contributed by atoms with Crippen molar-refractivity contribution in [2.45, 2.75) is 13.5 Å². The Morgan fingerprint density at radius 2 is 2.08 bits per heavy atom. The molecule has 26 heavy (non-hydrogen) atoms. The van der Waals surface area contributed by atoms with Crippen molar-refractivity contribution in [1.82, 2.24) is 14.9 Å². The molecule has 0 amide bonds. The third-order valence-electron chi connectivity index (χ3n) is 3.66. The smallest absolute Gasteiger partial charge is 0.216 e. The summed E-state index contributed by atoms with van der Waals surface area (Å²) in [6.45, 7) is 2.17. The Balaban J connectivity index is 1.77. The van der Waals surface area contributed by atoms with E-state index in [1.807, 2.05) is 49.4 Å². The van der Waals surface area contributed by atoms with Gasteiger partial charge in [-0.3, -0.25) is 5.10 Å². The molecule has 0 radical (unpaired) electrons. The Labute approximate surface area is 161 Å². The number of aryl methyl sites for hydroxylation is 1. The van der Waals surface area contributed by atoms with Crippen molar-refractivity contribution in [2.75, 3.05) is 7.11 Å². The molecule has 0 unspecified atom stereocenters. The largest absolute Gasteiger partial charge is 0.493 e. The number of hydrogen-bond acceptors (Lipinski definition) is 5. The second-order valence-corrected chi connectivity index (χ2v) is 6.22. The number of H-pyrrole nitrogens is 1. The molecule has 134 valence electrons. The molecule has 0 aliphatic rings. The standard InChI is InChI=1S/C18H17ClN4O2S/c1-12-21-22-18(26)23(12)20-10-13-7-8-16(17(9-13)24-2)25-11-14-5-3-4-6-15(14)19/h3-10H,11H2,1-2H3,(H,22,26)/b20-10+. The van der Waals surface area contributed by atoms with Crippen LogP contribution in [-0.4, -0.2) is 28.2 Å². The second-order valence-electron chi connectivity index (χ2n) is 5.42. The van der Waals surface area contributed by atoms with Crippen LogP contribution in [0.4, 0.5) is 0 Å². The van der Waals surface area contributed by atoms with Gasteiger partial charge < -0.3 is 9.47 Å². The highest BCUT2D eigenvalue weighted by Crippen LogP contribution is 2.29. The van der Waals surface area contributed by atoms with Crippen LogP contribution < -0.4 is 9.47 Å². The predicted octanol–water partition coefficient (Wildman–Crippen LogP) is 4.37. The van der Waals surface area contributed by atoms with E-state index in [2.05, 4.69) is 15.3 Å². The highest BCUT2D eigenvalue weighted by molar-refractivity contribution is 7.71. The summed E-state index contributed by atoms with van der Waals surface area (Å²) in [6, 6.07) is 13.1. The number of nitrogens with one attached hydrogen (secondary N) is 1. The number of aromatic nitrogens is 3. The summed E-state index contributed by atoms with van der Waals surface area (Å²) in [4.78, 5) is 0. The van der Waals surface area contributed by atoms with Crippen LogP contribution in [0.2, 0.25) is 5.02 Å². The first-order chi connectivity index (χ1) is 12.6. The van der Waals surface area contributed by atoms with Crippen LogP contribution in [0.1, 0.15) is 17.0 Å². The minimum Gasteiger partial charge on any atom is -0.493 e. The molecular formula is C18H17ClN4O2S. The maximum atomic E-state index is 6.16. The number of methoxy groups -OCH3 is 1. The molecule has 1 aromatic heterocycles. The average molecular weight is 389 g/mol. The highest BCUT2D eigenvalue weighted by atomic mass is 35.5. The number of benzene rings is 2. The predicted molar refractivity (Wildman–Crippen MR) is 104 cm³/mol. The lowest BCUT2D eigenvalue weighted by Gasteiger charge is -2.12. The van der Waals surface area contributed by atoms with Gasteiger partial charge in [-0.2, -0.15) is 14.9 Å². The van der Waals surface area contributed by atoms with E-state index < -0.39 is 0 Å². The molecule has 1 N–H and O–H groups in total. The molecule has 0 aliphatic carbocycles. The molecule has 0 aliphatic heterocycles. The van der Waals surface area contributed by atoms with Crippen molar-refractivity contribution in [2.24, 2.45) is 5.10 Å². The van der Waals surface area contributed by atoms with E-state index in [1.54, 1.807) is 18.0 Å². The fourth-order valence-corrected chi connectivity index (χ4v) is 2.70. The molecule has 8 heteroatoms. The summed E-state index contributed by atoms with van der Waals surface area (Å²) in [5, 5.41) is 11.7. The molecule has 6 nitrogen and oxygen atoms in total. The first kappa shape index (κ1) is 18.2. The van der Waals surface area contributed by atoms with E-state index in [9.17, 15) is 0 Å². The van der Waals surface area contributed by atoms with E-state index >= 15 is 0 Å². The van der Waals surface area contributed by atoms with Gasteiger partial charge in [0.1, 0.15) is 12.4 Å². The number of ether oxygens (including phenoxy) is 2. The lowest BCUT2D eigenvalue weighted by molar-refractivity contribution is 0.284.